The summed E-state index contributed by atoms with van der Waals surface area (Å²) in [5.41, 5.74) is 4.98. The summed E-state index contributed by atoms with van der Waals surface area (Å²) in [5.74, 6) is -0.0462. The van der Waals surface area contributed by atoms with E-state index >= 15 is 0 Å². The minimum absolute atomic E-state index is 0.0639. The van der Waals surface area contributed by atoms with Gasteiger partial charge in [-0.1, -0.05) is 19.3 Å². The Morgan fingerprint density at radius 3 is 2.70 bits per heavy atom. The number of aromatic nitrogens is 2. The van der Waals surface area contributed by atoms with Gasteiger partial charge in [-0.25, -0.2) is 9.97 Å². The lowest BCUT2D eigenvalue weighted by Gasteiger charge is -2.35. The maximum Gasteiger partial charge on any atom is 0.352 e. The number of nitrogens with one attached hydrogen (secondary N) is 1. The van der Waals surface area contributed by atoms with Crippen LogP contribution in [0, 0.1) is 15.5 Å². The summed E-state index contributed by atoms with van der Waals surface area (Å²) in [7, 11) is 0. The molecule has 0 atom stereocenters. The number of nitrogen functional groups attached to an aromatic ring is 1. The third-order valence-corrected chi connectivity index (χ3v) is 3.91. The Morgan fingerprint density at radius 1 is 1.40 bits per heavy atom. The molecule has 0 bridgehead atoms. The second kappa shape index (κ2) is 6.00. The Labute approximate surface area is 116 Å². The highest BCUT2D eigenvalue weighted by Gasteiger charge is 2.32. The van der Waals surface area contributed by atoms with Gasteiger partial charge in [0.05, 0.1) is 11.5 Å². The third kappa shape index (κ3) is 2.96. The van der Waals surface area contributed by atoms with Crippen molar-refractivity contribution in [3.05, 3.63) is 16.4 Å². The standard InChI is InChI=1S/C12H19N5O3/c13-10-9(17(19)20)11(16-8-15-10)14-6-12(7-18)4-2-1-3-5-12/h8,18H,1-7H2,(H3,13,14,15,16). The van der Waals surface area contributed by atoms with E-state index < -0.39 is 4.92 Å². The maximum atomic E-state index is 11.0. The van der Waals surface area contributed by atoms with E-state index in [0.717, 1.165) is 25.7 Å². The zero-order chi connectivity index (χ0) is 14.6. The number of aliphatic hydroxyl groups excluding tert-OH is 1. The Bertz CT molecular complexity index is 488. The molecule has 0 spiro atoms. The summed E-state index contributed by atoms with van der Waals surface area (Å²) in [6.45, 7) is 0.509. The predicted molar refractivity (Wildman–Crippen MR) is 74.2 cm³/mol. The van der Waals surface area contributed by atoms with Crippen LogP contribution in [0.2, 0.25) is 0 Å². The van der Waals surface area contributed by atoms with Crippen LogP contribution in [0.5, 0.6) is 0 Å². The van der Waals surface area contributed by atoms with Gasteiger partial charge in [-0.2, -0.15) is 0 Å². The predicted octanol–water partition coefficient (Wildman–Crippen LogP) is 1.32. The molecule has 8 nitrogen and oxygen atoms in total. The fraction of sp³-hybridized carbons (Fsp3) is 0.667. The van der Waals surface area contributed by atoms with Crippen LogP contribution in [-0.2, 0) is 0 Å². The molecule has 0 amide bonds. The van der Waals surface area contributed by atoms with Gasteiger partial charge < -0.3 is 16.2 Å². The molecule has 1 aromatic heterocycles. The summed E-state index contributed by atoms with van der Waals surface area (Å²) in [5, 5.41) is 23.6. The Kier molecular flexibility index (Phi) is 4.33. The van der Waals surface area contributed by atoms with Crippen molar-refractivity contribution in [2.24, 2.45) is 5.41 Å². The minimum atomic E-state index is -0.593. The van der Waals surface area contributed by atoms with E-state index in [1.165, 1.54) is 12.7 Å². The first-order valence-corrected chi connectivity index (χ1v) is 6.68. The second-order valence-electron chi connectivity index (χ2n) is 5.29. The molecule has 1 aromatic rings. The number of anilines is 2. The summed E-state index contributed by atoms with van der Waals surface area (Å²) in [6.07, 6.45) is 6.31. The highest BCUT2D eigenvalue weighted by atomic mass is 16.6. The molecule has 1 aliphatic carbocycles. The van der Waals surface area contributed by atoms with Crippen molar-refractivity contribution in [3.8, 4) is 0 Å². The molecule has 1 heterocycles. The lowest BCUT2D eigenvalue weighted by atomic mass is 9.74. The number of hydrogen-bond acceptors (Lipinski definition) is 7. The fourth-order valence-corrected chi connectivity index (χ4v) is 2.67. The van der Waals surface area contributed by atoms with Crippen molar-refractivity contribution in [3.63, 3.8) is 0 Å². The van der Waals surface area contributed by atoms with Crippen LogP contribution in [-0.4, -0.2) is 33.1 Å². The molecule has 20 heavy (non-hydrogen) atoms. The van der Waals surface area contributed by atoms with Crippen molar-refractivity contribution in [1.29, 1.82) is 0 Å². The molecule has 1 aliphatic rings. The maximum absolute atomic E-state index is 11.0. The van der Waals surface area contributed by atoms with Crippen molar-refractivity contribution < 1.29 is 10.0 Å². The van der Waals surface area contributed by atoms with Crippen LogP contribution in [0.4, 0.5) is 17.3 Å². The van der Waals surface area contributed by atoms with Crippen molar-refractivity contribution >= 4 is 17.3 Å². The van der Waals surface area contributed by atoms with Gasteiger partial charge in [-0.3, -0.25) is 10.1 Å². The van der Waals surface area contributed by atoms with E-state index in [0.29, 0.717) is 6.54 Å². The van der Waals surface area contributed by atoms with E-state index in [-0.39, 0.29) is 29.3 Å². The van der Waals surface area contributed by atoms with E-state index in [1.54, 1.807) is 0 Å². The zero-order valence-electron chi connectivity index (χ0n) is 11.2. The number of hydrogen-bond donors (Lipinski definition) is 3. The molecular weight excluding hydrogens is 262 g/mol. The molecule has 0 unspecified atom stereocenters. The molecule has 1 saturated carbocycles. The van der Waals surface area contributed by atoms with Gasteiger partial charge in [0.1, 0.15) is 6.33 Å². The first kappa shape index (κ1) is 14.4. The average Bonchev–Trinajstić information content (AvgIpc) is 2.45. The molecule has 2 rings (SSSR count). The summed E-state index contributed by atoms with van der Waals surface area (Å²) >= 11 is 0. The first-order valence-electron chi connectivity index (χ1n) is 6.68. The van der Waals surface area contributed by atoms with Crippen LogP contribution in [0.1, 0.15) is 32.1 Å². The van der Waals surface area contributed by atoms with Crippen LogP contribution >= 0.6 is 0 Å². The molecule has 0 radical (unpaired) electrons. The van der Waals surface area contributed by atoms with Crippen LogP contribution in [0.15, 0.2) is 6.33 Å². The van der Waals surface area contributed by atoms with Crippen LogP contribution < -0.4 is 11.1 Å². The molecule has 4 N–H and O–H groups in total. The average molecular weight is 281 g/mol. The first-order chi connectivity index (χ1) is 9.58. The number of nitrogens with two attached hydrogens (primary N) is 1. The number of rotatable bonds is 5. The van der Waals surface area contributed by atoms with Gasteiger partial charge in [0, 0.05) is 12.0 Å². The Hall–Kier alpha value is -1.96. The zero-order valence-corrected chi connectivity index (χ0v) is 11.2. The number of nitro groups is 1. The largest absolute Gasteiger partial charge is 0.396 e. The molecule has 110 valence electrons. The van der Waals surface area contributed by atoms with E-state index in [4.69, 9.17) is 5.73 Å². The molecule has 0 aliphatic heterocycles. The van der Waals surface area contributed by atoms with Crippen LogP contribution in [0.25, 0.3) is 0 Å². The highest BCUT2D eigenvalue weighted by molar-refractivity contribution is 5.67. The topological polar surface area (TPSA) is 127 Å². The summed E-state index contributed by atoms with van der Waals surface area (Å²) in [4.78, 5) is 17.9. The molecule has 8 heteroatoms. The summed E-state index contributed by atoms with van der Waals surface area (Å²) in [6, 6.07) is 0. The van der Waals surface area contributed by atoms with Gasteiger partial charge >= 0.3 is 5.69 Å². The third-order valence-electron chi connectivity index (χ3n) is 3.91. The monoisotopic (exact) mass is 281 g/mol. The molecule has 0 saturated heterocycles. The van der Waals surface area contributed by atoms with Gasteiger partial charge in [0.15, 0.2) is 0 Å². The fourth-order valence-electron chi connectivity index (χ4n) is 2.67. The molecule has 1 fully saturated rings. The van der Waals surface area contributed by atoms with Gasteiger partial charge in [0.25, 0.3) is 0 Å². The van der Waals surface area contributed by atoms with Gasteiger partial charge in [-0.05, 0) is 12.8 Å². The quantitative estimate of drug-likeness (QED) is 0.548. The smallest absolute Gasteiger partial charge is 0.352 e. The van der Waals surface area contributed by atoms with E-state index in [2.05, 4.69) is 15.3 Å². The highest BCUT2D eigenvalue weighted by Crippen LogP contribution is 2.36. The van der Waals surface area contributed by atoms with Crippen molar-refractivity contribution in [1.82, 2.24) is 9.97 Å². The van der Waals surface area contributed by atoms with Crippen LogP contribution in [0.3, 0.4) is 0 Å². The Balaban J connectivity index is 2.14. The lowest BCUT2D eigenvalue weighted by molar-refractivity contribution is -0.383. The van der Waals surface area contributed by atoms with Gasteiger partial charge in [-0.15, -0.1) is 0 Å². The summed E-state index contributed by atoms with van der Waals surface area (Å²) < 4.78 is 0. The van der Waals surface area contributed by atoms with Crippen molar-refractivity contribution in [2.45, 2.75) is 32.1 Å². The molecule has 0 aromatic carbocycles. The number of nitrogens with zero attached hydrogens (tertiary/aromatic N) is 3. The number of aliphatic hydroxyl groups is 1. The van der Waals surface area contributed by atoms with E-state index in [1.807, 2.05) is 0 Å². The molecular formula is C12H19N5O3. The second-order valence-corrected chi connectivity index (χ2v) is 5.29. The lowest BCUT2D eigenvalue weighted by Crippen LogP contribution is -2.35. The van der Waals surface area contributed by atoms with Crippen molar-refractivity contribution in [2.75, 3.05) is 24.2 Å². The minimum Gasteiger partial charge on any atom is -0.396 e. The SMILES string of the molecule is Nc1ncnc(NCC2(CO)CCCCC2)c1[N+](=O)[O-]. The Morgan fingerprint density at radius 2 is 2.10 bits per heavy atom. The van der Waals surface area contributed by atoms with Gasteiger partial charge in [0.2, 0.25) is 11.6 Å². The normalized spacial score (nSPS) is 17.6. The van der Waals surface area contributed by atoms with E-state index in [9.17, 15) is 15.2 Å².